The minimum atomic E-state index is -0.463. The van der Waals surface area contributed by atoms with Gasteiger partial charge in [-0.1, -0.05) is 42.5 Å². The number of nitrogens with zero attached hydrogens (tertiary/aromatic N) is 1. The van der Waals surface area contributed by atoms with E-state index in [1.54, 1.807) is 25.1 Å². The number of hydrogen-bond donors (Lipinski definition) is 1. The lowest BCUT2D eigenvalue weighted by Gasteiger charge is -2.10. The van der Waals surface area contributed by atoms with Crippen molar-refractivity contribution < 1.29 is 9.18 Å². The molecule has 4 aromatic rings. The lowest BCUT2D eigenvalue weighted by atomic mass is 10.1. The topological polar surface area (TPSA) is 48.0 Å². The van der Waals surface area contributed by atoms with Crippen LogP contribution in [0.4, 0.5) is 4.39 Å². The van der Waals surface area contributed by atoms with Crippen molar-refractivity contribution in [2.24, 2.45) is 5.73 Å². The van der Waals surface area contributed by atoms with E-state index in [0.717, 1.165) is 21.8 Å². The van der Waals surface area contributed by atoms with Crippen LogP contribution >= 0.6 is 0 Å². The summed E-state index contributed by atoms with van der Waals surface area (Å²) in [6, 6.07) is 18.7. The SMILES string of the molecule is Cc1cccc(Cn2c3ccccc3c3c(C(N)=O)cccc32)c1F. The van der Waals surface area contributed by atoms with Crippen molar-refractivity contribution in [3.63, 3.8) is 0 Å². The molecule has 0 aliphatic rings. The number of benzene rings is 3. The molecule has 3 aromatic carbocycles. The third kappa shape index (κ3) is 2.38. The third-order valence-electron chi connectivity index (χ3n) is 4.66. The molecule has 0 saturated heterocycles. The van der Waals surface area contributed by atoms with Crippen LogP contribution in [0.15, 0.2) is 60.7 Å². The molecule has 0 unspecified atom stereocenters. The first-order valence-corrected chi connectivity index (χ1v) is 8.11. The Morgan fingerprint density at radius 1 is 1.00 bits per heavy atom. The van der Waals surface area contributed by atoms with Crippen molar-refractivity contribution in [1.82, 2.24) is 4.57 Å². The van der Waals surface area contributed by atoms with E-state index in [2.05, 4.69) is 0 Å². The first kappa shape index (κ1) is 15.4. The summed E-state index contributed by atoms with van der Waals surface area (Å²) in [5, 5.41) is 1.76. The van der Waals surface area contributed by atoms with Crippen LogP contribution in [0.3, 0.4) is 0 Å². The van der Waals surface area contributed by atoms with Crippen LogP contribution in [0, 0.1) is 12.7 Å². The van der Waals surface area contributed by atoms with Crippen LogP contribution < -0.4 is 5.73 Å². The summed E-state index contributed by atoms with van der Waals surface area (Å²) in [7, 11) is 0. The summed E-state index contributed by atoms with van der Waals surface area (Å²) < 4.78 is 16.6. The van der Waals surface area contributed by atoms with Gasteiger partial charge in [0.05, 0.1) is 12.1 Å². The van der Waals surface area contributed by atoms with E-state index in [1.807, 2.05) is 47.0 Å². The smallest absolute Gasteiger partial charge is 0.249 e. The number of aromatic nitrogens is 1. The van der Waals surface area contributed by atoms with Gasteiger partial charge in [-0.15, -0.1) is 0 Å². The highest BCUT2D eigenvalue weighted by atomic mass is 19.1. The summed E-state index contributed by atoms with van der Waals surface area (Å²) in [5.41, 5.74) is 9.12. The predicted molar refractivity (Wildman–Crippen MR) is 98.2 cm³/mol. The first-order valence-electron chi connectivity index (χ1n) is 8.11. The Balaban J connectivity index is 2.04. The van der Waals surface area contributed by atoms with Gasteiger partial charge in [-0.2, -0.15) is 0 Å². The number of halogens is 1. The van der Waals surface area contributed by atoms with Gasteiger partial charge < -0.3 is 10.3 Å². The maximum absolute atomic E-state index is 14.5. The second-order valence-corrected chi connectivity index (χ2v) is 6.22. The standard InChI is InChI=1S/C21H17FN2O/c1-13-6-4-7-14(20(13)22)12-24-17-10-3-2-8-15(17)19-16(21(23)25)9-5-11-18(19)24/h2-11H,12H2,1H3,(H2,23,25). The van der Waals surface area contributed by atoms with Gasteiger partial charge in [-0.05, 0) is 30.7 Å². The Labute approximate surface area is 144 Å². The quantitative estimate of drug-likeness (QED) is 0.594. The fourth-order valence-corrected chi connectivity index (χ4v) is 3.47. The van der Waals surface area contributed by atoms with E-state index < -0.39 is 5.91 Å². The number of amides is 1. The highest BCUT2D eigenvalue weighted by Gasteiger charge is 2.17. The molecule has 0 aliphatic heterocycles. The predicted octanol–water partition coefficient (Wildman–Crippen LogP) is 4.39. The van der Waals surface area contributed by atoms with Crippen molar-refractivity contribution in [3.8, 4) is 0 Å². The number of rotatable bonds is 3. The van der Waals surface area contributed by atoms with Gasteiger partial charge in [0.2, 0.25) is 5.91 Å². The van der Waals surface area contributed by atoms with Crippen LogP contribution in [0.5, 0.6) is 0 Å². The zero-order chi connectivity index (χ0) is 17.6. The van der Waals surface area contributed by atoms with Gasteiger partial charge in [0.25, 0.3) is 0 Å². The minimum Gasteiger partial charge on any atom is -0.366 e. The lowest BCUT2D eigenvalue weighted by Crippen LogP contribution is -2.11. The molecule has 124 valence electrons. The van der Waals surface area contributed by atoms with E-state index >= 15 is 0 Å². The van der Waals surface area contributed by atoms with Crippen LogP contribution in [0.2, 0.25) is 0 Å². The van der Waals surface area contributed by atoms with Gasteiger partial charge in [0.1, 0.15) is 5.82 Å². The molecule has 0 fully saturated rings. The number of fused-ring (bicyclic) bond motifs is 3. The van der Waals surface area contributed by atoms with Crippen LogP contribution in [0.25, 0.3) is 21.8 Å². The normalized spacial score (nSPS) is 11.3. The molecular weight excluding hydrogens is 315 g/mol. The Kier molecular flexibility index (Phi) is 3.53. The fourth-order valence-electron chi connectivity index (χ4n) is 3.47. The lowest BCUT2D eigenvalue weighted by molar-refractivity contribution is 0.100. The number of primary amides is 1. The summed E-state index contributed by atoms with van der Waals surface area (Å²) in [5.74, 6) is -0.658. The number of carbonyl (C=O) groups excluding carboxylic acids is 1. The second-order valence-electron chi connectivity index (χ2n) is 6.22. The molecule has 4 heteroatoms. The Morgan fingerprint density at radius 2 is 1.72 bits per heavy atom. The highest BCUT2D eigenvalue weighted by molar-refractivity contribution is 6.17. The zero-order valence-corrected chi connectivity index (χ0v) is 13.8. The average Bonchev–Trinajstić information content (AvgIpc) is 2.93. The van der Waals surface area contributed by atoms with Crippen molar-refractivity contribution in [2.75, 3.05) is 0 Å². The van der Waals surface area contributed by atoms with E-state index in [9.17, 15) is 9.18 Å². The van der Waals surface area contributed by atoms with Crippen molar-refractivity contribution in [2.45, 2.75) is 13.5 Å². The van der Waals surface area contributed by atoms with Gasteiger partial charge in [0, 0.05) is 27.4 Å². The number of hydrogen-bond acceptors (Lipinski definition) is 1. The Bertz CT molecular complexity index is 1130. The summed E-state index contributed by atoms with van der Waals surface area (Å²) in [4.78, 5) is 11.9. The molecule has 4 rings (SSSR count). The summed E-state index contributed by atoms with van der Waals surface area (Å²) in [6.45, 7) is 2.15. The van der Waals surface area contributed by atoms with Gasteiger partial charge in [0.15, 0.2) is 0 Å². The van der Waals surface area contributed by atoms with Gasteiger partial charge in [-0.3, -0.25) is 4.79 Å². The minimum absolute atomic E-state index is 0.195. The van der Waals surface area contributed by atoms with E-state index in [-0.39, 0.29) is 5.82 Å². The number of nitrogens with two attached hydrogens (primary N) is 1. The average molecular weight is 332 g/mol. The number of aryl methyl sites for hydroxylation is 1. The van der Waals surface area contributed by atoms with Crippen LogP contribution in [-0.2, 0) is 6.54 Å². The van der Waals surface area contributed by atoms with Crippen LogP contribution in [-0.4, -0.2) is 10.5 Å². The van der Waals surface area contributed by atoms with Gasteiger partial charge >= 0.3 is 0 Å². The monoisotopic (exact) mass is 332 g/mol. The van der Waals surface area contributed by atoms with E-state index in [4.69, 9.17) is 5.73 Å². The highest BCUT2D eigenvalue weighted by Crippen LogP contribution is 2.32. The summed E-state index contributed by atoms with van der Waals surface area (Å²) in [6.07, 6.45) is 0. The third-order valence-corrected chi connectivity index (χ3v) is 4.66. The largest absolute Gasteiger partial charge is 0.366 e. The molecule has 1 amide bonds. The number of para-hydroxylation sites is 1. The fraction of sp³-hybridized carbons (Fsp3) is 0.0952. The molecule has 0 atom stereocenters. The molecule has 2 N–H and O–H groups in total. The molecule has 3 nitrogen and oxygen atoms in total. The van der Waals surface area contributed by atoms with Gasteiger partial charge in [-0.25, -0.2) is 4.39 Å². The van der Waals surface area contributed by atoms with Crippen molar-refractivity contribution >= 4 is 27.7 Å². The maximum Gasteiger partial charge on any atom is 0.249 e. The molecule has 1 aromatic heterocycles. The van der Waals surface area contributed by atoms with E-state index in [1.165, 1.54) is 0 Å². The van der Waals surface area contributed by atoms with Crippen LogP contribution in [0.1, 0.15) is 21.5 Å². The molecule has 1 heterocycles. The Morgan fingerprint density at radius 3 is 2.52 bits per heavy atom. The van der Waals surface area contributed by atoms with Crippen molar-refractivity contribution in [1.29, 1.82) is 0 Å². The Hall–Kier alpha value is -3.14. The number of carbonyl (C=O) groups is 1. The maximum atomic E-state index is 14.5. The van der Waals surface area contributed by atoms with E-state index in [0.29, 0.717) is 23.2 Å². The molecule has 0 aliphatic carbocycles. The second kappa shape index (κ2) is 5.74. The molecule has 0 bridgehead atoms. The first-order chi connectivity index (χ1) is 12.1. The summed E-state index contributed by atoms with van der Waals surface area (Å²) >= 11 is 0. The van der Waals surface area contributed by atoms with Crippen molar-refractivity contribution in [3.05, 3.63) is 83.2 Å². The molecule has 0 radical (unpaired) electrons. The molecule has 0 saturated carbocycles. The molecule has 0 spiro atoms. The molecule has 25 heavy (non-hydrogen) atoms. The zero-order valence-electron chi connectivity index (χ0n) is 13.8. The molecular formula is C21H17FN2O.